The van der Waals surface area contributed by atoms with Gasteiger partial charge in [0.2, 0.25) is 0 Å². The van der Waals surface area contributed by atoms with E-state index in [0.717, 1.165) is 0 Å². The number of hydrogen-bond acceptors (Lipinski definition) is 1. The molecule has 2 aromatic rings. The fraction of sp³-hybridized carbons (Fsp3) is 0.0714. The van der Waals surface area contributed by atoms with Gasteiger partial charge in [-0.1, -0.05) is 35.3 Å². The molecule has 98 valence electrons. The number of rotatable bonds is 3. The van der Waals surface area contributed by atoms with Gasteiger partial charge in [-0.25, -0.2) is 4.39 Å². The first-order chi connectivity index (χ1) is 8.99. The third-order valence-electron chi connectivity index (χ3n) is 2.61. The Morgan fingerprint density at radius 1 is 1.21 bits per heavy atom. The molecule has 0 aromatic heterocycles. The number of benzene rings is 2. The van der Waals surface area contributed by atoms with E-state index in [1.807, 2.05) is 0 Å². The zero-order valence-electron chi connectivity index (χ0n) is 9.59. The topological polar surface area (TPSA) is 17.1 Å². The number of Topliss-reactive ketones (excluding diaryl/α,β-unsaturated/α-hetero) is 1. The molecule has 0 amide bonds. The molecule has 0 N–H and O–H groups in total. The van der Waals surface area contributed by atoms with Crippen LogP contribution in [0, 0.1) is 5.82 Å². The lowest BCUT2D eigenvalue weighted by Crippen LogP contribution is -2.06. The number of carbonyl (C=O) groups excluding carboxylic acids is 1. The van der Waals surface area contributed by atoms with Crippen LogP contribution >= 0.6 is 39.1 Å². The van der Waals surface area contributed by atoms with Gasteiger partial charge in [0.25, 0.3) is 0 Å². The summed E-state index contributed by atoms with van der Waals surface area (Å²) < 4.78 is 13.5. The number of hydrogen-bond donors (Lipinski definition) is 0. The maximum Gasteiger partial charge on any atom is 0.168 e. The maximum absolute atomic E-state index is 13.4. The van der Waals surface area contributed by atoms with Crippen LogP contribution in [0.25, 0.3) is 0 Å². The van der Waals surface area contributed by atoms with Gasteiger partial charge in [0, 0.05) is 22.0 Å². The second kappa shape index (κ2) is 6.04. The van der Waals surface area contributed by atoms with Gasteiger partial charge in [0.05, 0.1) is 4.47 Å². The Kier molecular flexibility index (Phi) is 4.61. The second-order valence-electron chi connectivity index (χ2n) is 3.94. The second-order valence-corrected chi connectivity index (χ2v) is 5.57. The zero-order chi connectivity index (χ0) is 14.0. The first-order valence-electron chi connectivity index (χ1n) is 5.40. The van der Waals surface area contributed by atoms with Crippen LogP contribution < -0.4 is 0 Å². The van der Waals surface area contributed by atoms with Crippen LogP contribution in [0.4, 0.5) is 4.39 Å². The van der Waals surface area contributed by atoms with Crippen LogP contribution in [-0.2, 0) is 6.42 Å². The van der Waals surface area contributed by atoms with E-state index in [-0.39, 0.29) is 22.2 Å². The molecule has 0 bridgehead atoms. The minimum absolute atomic E-state index is 0.0709. The summed E-state index contributed by atoms with van der Waals surface area (Å²) in [6.45, 7) is 0. The first kappa shape index (κ1) is 14.5. The Balaban J connectivity index is 2.31. The van der Waals surface area contributed by atoms with Crippen molar-refractivity contribution < 1.29 is 9.18 Å². The van der Waals surface area contributed by atoms with Gasteiger partial charge < -0.3 is 0 Å². The Labute approximate surface area is 128 Å². The largest absolute Gasteiger partial charge is 0.294 e. The third-order valence-corrected chi connectivity index (χ3v) is 4.02. The van der Waals surface area contributed by atoms with Crippen molar-refractivity contribution in [1.29, 1.82) is 0 Å². The fourth-order valence-electron chi connectivity index (χ4n) is 1.67. The van der Waals surface area contributed by atoms with E-state index < -0.39 is 5.82 Å². The Hall–Kier alpha value is -0.900. The van der Waals surface area contributed by atoms with Gasteiger partial charge in [0.1, 0.15) is 5.82 Å². The molecule has 0 saturated heterocycles. The molecule has 0 aliphatic heterocycles. The van der Waals surface area contributed by atoms with Crippen LogP contribution in [0.3, 0.4) is 0 Å². The highest BCUT2D eigenvalue weighted by molar-refractivity contribution is 9.10. The summed E-state index contributed by atoms with van der Waals surface area (Å²) in [4.78, 5) is 12.2. The Morgan fingerprint density at radius 3 is 2.68 bits per heavy atom. The first-order valence-corrected chi connectivity index (χ1v) is 6.95. The van der Waals surface area contributed by atoms with E-state index in [2.05, 4.69) is 15.9 Å². The van der Waals surface area contributed by atoms with Crippen molar-refractivity contribution >= 4 is 44.9 Å². The standard InChI is InChI=1S/C14H8BrCl2FO/c15-14-10(2-1-3-12(14)18)13(19)7-8-6-9(16)4-5-11(8)17/h1-6H,7H2. The summed E-state index contributed by atoms with van der Waals surface area (Å²) in [5.41, 5.74) is 0.909. The summed E-state index contributed by atoms with van der Waals surface area (Å²) in [5.74, 6) is -0.696. The molecule has 0 spiro atoms. The maximum atomic E-state index is 13.4. The lowest BCUT2D eigenvalue weighted by molar-refractivity contribution is 0.0991. The molecule has 0 aliphatic carbocycles. The molecular weight excluding hydrogens is 354 g/mol. The molecule has 1 nitrogen and oxygen atoms in total. The molecule has 0 aliphatic rings. The highest BCUT2D eigenvalue weighted by atomic mass is 79.9. The minimum atomic E-state index is -0.469. The third kappa shape index (κ3) is 3.35. The molecule has 0 heterocycles. The summed E-state index contributed by atoms with van der Waals surface area (Å²) >= 11 is 14.9. The SMILES string of the molecule is O=C(Cc1cc(Cl)ccc1Cl)c1cccc(F)c1Br. The van der Waals surface area contributed by atoms with Gasteiger partial charge in [-0.2, -0.15) is 0 Å². The summed E-state index contributed by atoms with van der Waals surface area (Å²) in [6, 6.07) is 9.26. The predicted molar refractivity (Wildman–Crippen MR) is 78.6 cm³/mol. The molecule has 19 heavy (non-hydrogen) atoms. The van der Waals surface area contributed by atoms with Gasteiger partial charge >= 0.3 is 0 Å². The Bertz CT molecular complexity index is 643. The quantitative estimate of drug-likeness (QED) is 0.676. The van der Waals surface area contributed by atoms with E-state index in [1.165, 1.54) is 12.1 Å². The molecule has 0 saturated carbocycles. The molecular formula is C14H8BrCl2FO. The van der Waals surface area contributed by atoms with Crippen molar-refractivity contribution in [2.45, 2.75) is 6.42 Å². The lowest BCUT2D eigenvalue weighted by atomic mass is 10.0. The van der Waals surface area contributed by atoms with Gasteiger partial charge in [0.15, 0.2) is 5.78 Å². The summed E-state index contributed by atoms with van der Waals surface area (Å²) in [6.07, 6.45) is 0.0709. The van der Waals surface area contributed by atoms with Crippen molar-refractivity contribution in [2.24, 2.45) is 0 Å². The number of ketones is 1. The van der Waals surface area contributed by atoms with E-state index in [0.29, 0.717) is 15.6 Å². The van der Waals surface area contributed by atoms with Crippen molar-refractivity contribution in [2.75, 3.05) is 0 Å². The molecule has 2 rings (SSSR count). The zero-order valence-corrected chi connectivity index (χ0v) is 12.7. The highest BCUT2D eigenvalue weighted by Crippen LogP contribution is 2.25. The van der Waals surface area contributed by atoms with Crippen molar-refractivity contribution in [3.8, 4) is 0 Å². The van der Waals surface area contributed by atoms with Crippen molar-refractivity contribution in [3.63, 3.8) is 0 Å². The van der Waals surface area contributed by atoms with E-state index in [1.54, 1.807) is 24.3 Å². The van der Waals surface area contributed by atoms with Gasteiger partial charge in [-0.05, 0) is 45.8 Å². The molecule has 0 radical (unpaired) electrons. The van der Waals surface area contributed by atoms with Gasteiger partial charge in [-0.3, -0.25) is 4.79 Å². The number of halogens is 4. The van der Waals surface area contributed by atoms with Crippen LogP contribution in [0.15, 0.2) is 40.9 Å². The lowest BCUT2D eigenvalue weighted by Gasteiger charge is -2.06. The molecule has 2 aromatic carbocycles. The molecule has 0 atom stereocenters. The summed E-state index contributed by atoms with van der Waals surface area (Å²) in [5, 5.41) is 0.968. The minimum Gasteiger partial charge on any atom is -0.294 e. The monoisotopic (exact) mass is 360 g/mol. The van der Waals surface area contributed by atoms with Crippen LogP contribution in [0.2, 0.25) is 10.0 Å². The number of carbonyl (C=O) groups is 1. The average Bonchev–Trinajstić information content (AvgIpc) is 2.37. The van der Waals surface area contributed by atoms with Crippen LogP contribution in [0.1, 0.15) is 15.9 Å². The highest BCUT2D eigenvalue weighted by Gasteiger charge is 2.15. The van der Waals surface area contributed by atoms with Crippen molar-refractivity contribution in [3.05, 3.63) is 67.9 Å². The normalized spacial score (nSPS) is 10.5. The van der Waals surface area contributed by atoms with Crippen LogP contribution in [-0.4, -0.2) is 5.78 Å². The molecule has 0 unspecified atom stereocenters. The molecule has 5 heteroatoms. The molecule has 0 fully saturated rings. The van der Waals surface area contributed by atoms with Crippen LogP contribution in [0.5, 0.6) is 0 Å². The van der Waals surface area contributed by atoms with Gasteiger partial charge in [-0.15, -0.1) is 0 Å². The van der Waals surface area contributed by atoms with E-state index in [9.17, 15) is 9.18 Å². The van der Waals surface area contributed by atoms with E-state index in [4.69, 9.17) is 23.2 Å². The average molecular weight is 362 g/mol. The van der Waals surface area contributed by atoms with E-state index >= 15 is 0 Å². The predicted octanol–water partition coefficient (Wildman–Crippen LogP) is 5.32. The Morgan fingerprint density at radius 2 is 1.95 bits per heavy atom. The van der Waals surface area contributed by atoms with Crippen molar-refractivity contribution in [1.82, 2.24) is 0 Å². The fourth-order valence-corrected chi connectivity index (χ4v) is 2.53. The smallest absolute Gasteiger partial charge is 0.168 e. The summed E-state index contributed by atoms with van der Waals surface area (Å²) in [7, 11) is 0.